The topological polar surface area (TPSA) is 27.5 Å². The van der Waals surface area contributed by atoms with Crippen LogP contribution in [0.15, 0.2) is 30.5 Å². The predicted octanol–water partition coefficient (Wildman–Crippen LogP) is 1.11. The van der Waals surface area contributed by atoms with E-state index in [0.717, 1.165) is 5.56 Å². The van der Waals surface area contributed by atoms with Gasteiger partial charge in [0.15, 0.2) is 0 Å². The highest BCUT2D eigenvalue weighted by atomic mass is 16.5. The highest BCUT2D eigenvalue weighted by molar-refractivity contribution is 5.54. The molecule has 0 amide bonds. The van der Waals surface area contributed by atoms with Gasteiger partial charge in [-0.2, -0.15) is 0 Å². The van der Waals surface area contributed by atoms with Gasteiger partial charge in [-0.05, 0) is 18.6 Å². The minimum atomic E-state index is 0.0335. The third-order valence-corrected chi connectivity index (χ3v) is 2.32. The van der Waals surface area contributed by atoms with Crippen LogP contribution >= 0.6 is 0 Å². The largest absolute Gasteiger partial charge is 0.629 e. The van der Waals surface area contributed by atoms with E-state index >= 15 is 0 Å². The fourth-order valence-corrected chi connectivity index (χ4v) is 1.53. The second kappa shape index (κ2) is 2.73. The summed E-state index contributed by atoms with van der Waals surface area (Å²) in [6, 6.07) is 8.05. The standard InChI is InChI=1S/C10H11NO/c1-8-10-5-3-2-4-9(10)6-7-11(8)12/h2-8,11H,1H3. The van der Waals surface area contributed by atoms with Gasteiger partial charge in [-0.3, -0.25) is 0 Å². The van der Waals surface area contributed by atoms with Crippen LogP contribution in [0.25, 0.3) is 6.08 Å². The van der Waals surface area contributed by atoms with Crippen LogP contribution in [0.4, 0.5) is 0 Å². The fraction of sp³-hybridized carbons (Fsp3) is 0.200. The van der Waals surface area contributed by atoms with E-state index in [2.05, 4.69) is 0 Å². The minimum Gasteiger partial charge on any atom is -0.629 e. The normalized spacial score (nSPS) is 26.8. The zero-order chi connectivity index (χ0) is 8.55. The van der Waals surface area contributed by atoms with Gasteiger partial charge in [-0.15, -0.1) is 0 Å². The van der Waals surface area contributed by atoms with Crippen LogP contribution in [0.5, 0.6) is 0 Å². The van der Waals surface area contributed by atoms with Crippen molar-refractivity contribution in [1.29, 1.82) is 0 Å². The van der Waals surface area contributed by atoms with Crippen molar-refractivity contribution in [3.05, 3.63) is 46.8 Å². The molecule has 1 N–H and O–H groups in total. The molecule has 2 rings (SSSR count). The molecule has 1 aliphatic heterocycles. The molecule has 0 aliphatic carbocycles. The van der Waals surface area contributed by atoms with Gasteiger partial charge in [-0.1, -0.05) is 24.3 Å². The van der Waals surface area contributed by atoms with Gasteiger partial charge in [0, 0.05) is 5.56 Å². The average molecular weight is 161 g/mol. The van der Waals surface area contributed by atoms with Gasteiger partial charge in [0.25, 0.3) is 0 Å². The molecule has 0 radical (unpaired) electrons. The molecule has 62 valence electrons. The maximum Gasteiger partial charge on any atom is 0.115 e. The van der Waals surface area contributed by atoms with Crippen molar-refractivity contribution >= 4 is 6.08 Å². The molecular weight excluding hydrogens is 150 g/mol. The first kappa shape index (κ1) is 7.53. The lowest BCUT2D eigenvalue weighted by Gasteiger charge is -2.29. The molecule has 0 spiro atoms. The summed E-state index contributed by atoms with van der Waals surface area (Å²) in [6.45, 7) is 1.95. The van der Waals surface area contributed by atoms with Gasteiger partial charge < -0.3 is 10.3 Å². The molecule has 2 unspecified atom stereocenters. The molecule has 1 aromatic rings. The number of hydrogen-bond donors (Lipinski definition) is 1. The van der Waals surface area contributed by atoms with Crippen LogP contribution < -0.4 is 5.06 Å². The number of rotatable bonds is 0. The maximum atomic E-state index is 11.3. The minimum absolute atomic E-state index is 0.0335. The summed E-state index contributed by atoms with van der Waals surface area (Å²) >= 11 is 0. The van der Waals surface area contributed by atoms with Crippen molar-refractivity contribution in [2.24, 2.45) is 0 Å². The summed E-state index contributed by atoms with van der Waals surface area (Å²) in [5.41, 5.74) is 2.31. The van der Waals surface area contributed by atoms with E-state index in [1.165, 1.54) is 5.56 Å². The molecule has 1 aliphatic rings. The summed E-state index contributed by atoms with van der Waals surface area (Å²) in [5, 5.41) is 11.5. The van der Waals surface area contributed by atoms with Crippen LogP contribution in [-0.2, 0) is 0 Å². The molecule has 0 aromatic heterocycles. The molecule has 2 nitrogen and oxygen atoms in total. The maximum absolute atomic E-state index is 11.3. The van der Waals surface area contributed by atoms with Crippen LogP contribution in [0, 0.1) is 5.21 Å². The predicted molar refractivity (Wildman–Crippen MR) is 48.2 cm³/mol. The summed E-state index contributed by atoms with van der Waals surface area (Å²) in [7, 11) is 0. The van der Waals surface area contributed by atoms with E-state index in [4.69, 9.17) is 0 Å². The molecule has 1 aromatic carbocycles. The van der Waals surface area contributed by atoms with E-state index in [1.807, 2.05) is 37.3 Å². The van der Waals surface area contributed by atoms with Gasteiger partial charge in [0.1, 0.15) is 6.04 Å². The zero-order valence-corrected chi connectivity index (χ0v) is 6.95. The number of quaternary nitrogens is 1. The SMILES string of the molecule is CC1c2ccccc2C=C[NH+]1[O-]. The fourth-order valence-electron chi connectivity index (χ4n) is 1.53. The molecule has 0 fully saturated rings. The number of hydroxylamine groups is 2. The van der Waals surface area contributed by atoms with Crippen molar-refractivity contribution in [3.8, 4) is 0 Å². The Bertz CT molecular complexity index is 319. The zero-order valence-electron chi connectivity index (χ0n) is 6.95. The highest BCUT2D eigenvalue weighted by Gasteiger charge is 2.16. The molecular formula is C10H11NO. The third-order valence-electron chi connectivity index (χ3n) is 2.32. The van der Waals surface area contributed by atoms with E-state index in [-0.39, 0.29) is 11.1 Å². The Hall–Kier alpha value is -1.12. The van der Waals surface area contributed by atoms with Gasteiger partial charge in [0.05, 0.1) is 6.20 Å². The van der Waals surface area contributed by atoms with Crippen molar-refractivity contribution in [3.63, 3.8) is 0 Å². The summed E-state index contributed by atoms with van der Waals surface area (Å²) in [4.78, 5) is 0. The summed E-state index contributed by atoms with van der Waals surface area (Å²) < 4.78 is 0. The second-order valence-corrected chi connectivity index (χ2v) is 3.09. The van der Waals surface area contributed by atoms with Crippen LogP contribution in [0.2, 0.25) is 0 Å². The van der Waals surface area contributed by atoms with Crippen molar-refractivity contribution < 1.29 is 5.06 Å². The Kier molecular flexibility index (Phi) is 1.71. The molecule has 2 atom stereocenters. The second-order valence-electron chi connectivity index (χ2n) is 3.09. The first-order chi connectivity index (χ1) is 5.79. The van der Waals surface area contributed by atoms with Gasteiger partial charge in [0.2, 0.25) is 0 Å². The Morgan fingerprint density at radius 1 is 1.33 bits per heavy atom. The van der Waals surface area contributed by atoms with Crippen molar-refractivity contribution in [1.82, 2.24) is 0 Å². The van der Waals surface area contributed by atoms with E-state index < -0.39 is 0 Å². The molecule has 12 heavy (non-hydrogen) atoms. The van der Waals surface area contributed by atoms with E-state index in [9.17, 15) is 5.21 Å². The summed E-state index contributed by atoms with van der Waals surface area (Å²) in [6.07, 6.45) is 3.55. The molecule has 1 heterocycles. The average Bonchev–Trinajstić information content (AvgIpc) is 2.12. The summed E-state index contributed by atoms with van der Waals surface area (Å²) in [5.74, 6) is 0. The number of benzene rings is 1. The Labute approximate surface area is 71.7 Å². The lowest BCUT2D eigenvalue weighted by atomic mass is 9.99. The Morgan fingerprint density at radius 2 is 2.08 bits per heavy atom. The number of fused-ring (bicyclic) bond motifs is 1. The molecule has 0 saturated carbocycles. The van der Waals surface area contributed by atoms with Crippen molar-refractivity contribution in [2.75, 3.05) is 0 Å². The van der Waals surface area contributed by atoms with Crippen LogP contribution in [0.1, 0.15) is 24.1 Å². The first-order valence-electron chi connectivity index (χ1n) is 4.10. The number of nitrogens with one attached hydrogen (secondary N) is 1. The third kappa shape index (κ3) is 1.05. The van der Waals surface area contributed by atoms with Crippen LogP contribution in [0.3, 0.4) is 0 Å². The molecule has 0 saturated heterocycles. The van der Waals surface area contributed by atoms with Gasteiger partial charge in [-0.25, -0.2) is 0 Å². The smallest absolute Gasteiger partial charge is 0.115 e. The van der Waals surface area contributed by atoms with Gasteiger partial charge >= 0.3 is 0 Å². The van der Waals surface area contributed by atoms with E-state index in [1.54, 1.807) is 6.20 Å². The molecule has 0 bridgehead atoms. The van der Waals surface area contributed by atoms with E-state index in [0.29, 0.717) is 0 Å². The Balaban J connectivity index is 2.52. The lowest BCUT2D eigenvalue weighted by Crippen LogP contribution is -3.02. The molecule has 2 heteroatoms. The van der Waals surface area contributed by atoms with Crippen LogP contribution in [-0.4, -0.2) is 0 Å². The first-order valence-corrected chi connectivity index (χ1v) is 4.10. The monoisotopic (exact) mass is 161 g/mol. The highest BCUT2D eigenvalue weighted by Crippen LogP contribution is 2.18. The quantitative estimate of drug-likeness (QED) is 0.567. The lowest BCUT2D eigenvalue weighted by molar-refractivity contribution is -0.825. The Morgan fingerprint density at radius 3 is 2.92 bits per heavy atom. The number of hydrogen-bond acceptors (Lipinski definition) is 1. The van der Waals surface area contributed by atoms with Crippen molar-refractivity contribution in [2.45, 2.75) is 13.0 Å².